The van der Waals surface area contributed by atoms with Crippen LogP contribution in [0.5, 0.6) is 5.75 Å². The minimum atomic E-state index is 0.00342. The van der Waals surface area contributed by atoms with Crippen molar-refractivity contribution in [3.05, 3.63) is 65.2 Å². The molecule has 0 atom stereocenters. The summed E-state index contributed by atoms with van der Waals surface area (Å²) in [6, 6.07) is 15.6. The summed E-state index contributed by atoms with van der Waals surface area (Å²) in [5.41, 5.74) is 2.86. The number of amides is 1. The number of hydrogen-bond donors (Lipinski definition) is 2. The lowest BCUT2D eigenvalue weighted by Crippen LogP contribution is -2.36. The fraction of sp³-hybridized carbons (Fsp3) is 0.364. The summed E-state index contributed by atoms with van der Waals surface area (Å²) < 4.78 is 5.54. The van der Waals surface area contributed by atoms with E-state index in [2.05, 4.69) is 15.6 Å². The van der Waals surface area contributed by atoms with E-state index in [0.717, 1.165) is 29.4 Å². The van der Waals surface area contributed by atoms with Crippen LogP contribution in [0.1, 0.15) is 35.3 Å². The largest absolute Gasteiger partial charge is 0.494 e. The van der Waals surface area contributed by atoms with Gasteiger partial charge in [0.1, 0.15) is 5.75 Å². The Morgan fingerprint density at radius 3 is 2.43 bits per heavy atom. The number of carbonyl (C=O) groups excluding carboxylic acids is 1. The summed E-state index contributed by atoms with van der Waals surface area (Å²) in [5, 5.41) is 6.59. The number of rotatable bonds is 8. The van der Waals surface area contributed by atoms with Crippen LogP contribution in [0.4, 0.5) is 0 Å². The van der Waals surface area contributed by atoms with E-state index in [4.69, 9.17) is 4.74 Å². The van der Waals surface area contributed by atoms with Crippen molar-refractivity contribution in [1.82, 2.24) is 15.5 Å². The van der Waals surface area contributed by atoms with Gasteiger partial charge in [-0.3, -0.25) is 4.79 Å². The fourth-order valence-electron chi connectivity index (χ4n) is 2.62. The molecule has 28 heavy (non-hydrogen) atoms. The summed E-state index contributed by atoms with van der Waals surface area (Å²) in [7, 11) is 3.50. The molecule has 0 unspecified atom stereocenters. The Morgan fingerprint density at radius 1 is 1.04 bits per heavy atom. The zero-order valence-corrected chi connectivity index (χ0v) is 17.2. The third kappa shape index (κ3) is 6.61. The molecule has 2 N–H and O–H groups in total. The normalized spacial score (nSPS) is 11.1. The predicted molar refractivity (Wildman–Crippen MR) is 114 cm³/mol. The number of aliphatic imine (C=N–C) groups is 1. The van der Waals surface area contributed by atoms with E-state index in [-0.39, 0.29) is 5.91 Å². The summed E-state index contributed by atoms with van der Waals surface area (Å²) in [5.74, 6) is 1.61. The van der Waals surface area contributed by atoms with Gasteiger partial charge in [0.15, 0.2) is 5.96 Å². The maximum absolute atomic E-state index is 12.0. The van der Waals surface area contributed by atoms with Crippen LogP contribution in [0.2, 0.25) is 0 Å². The first kappa shape index (κ1) is 21.3. The van der Waals surface area contributed by atoms with Gasteiger partial charge in [-0.05, 0) is 49.2 Å². The second-order valence-electron chi connectivity index (χ2n) is 6.53. The van der Waals surface area contributed by atoms with Crippen LogP contribution < -0.4 is 15.4 Å². The van der Waals surface area contributed by atoms with E-state index in [9.17, 15) is 4.79 Å². The van der Waals surface area contributed by atoms with Crippen molar-refractivity contribution in [2.45, 2.75) is 26.9 Å². The second kappa shape index (κ2) is 11.0. The Bertz CT molecular complexity index is 785. The van der Waals surface area contributed by atoms with Gasteiger partial charge < -0.3 is 20.3 Å². The molecule has 2 aromatic carbocycles. The highest BCUT2D eigenvalue weighted by Crippen LogP contribution is 2.14. The van der Waals surface area contributed by atoms with Crippen molar-refractivity contribution < 1.29 is 9.53 Å². The maximum atomic E-state index is 12.0. The lowest BCUT2D eigenvalue weighted by atomic mass is 10.1. The highest BCUT2D eigenvalue weighted by molar-refractivity contribution is 5.93. The molecule has 6 heteroatoms. The van der Waals surface area contributed by atoms with E-state index in [1.54, 1.807) is 19.0 Å². The van der Waals surface area contributed by atoms with Crippen LogP contribution in [0.3, 0.4) is 0 Å². The van der Waals surface area contributed by atoms with Gasteiger partial charge in [0.2, 0.25) is 0 Å². The van der Waals surface area contributed by atoms with Crippen molar-refractivity contribution >= 4 is 11.9 Å². The number of guanidine groups is 1. The number of nitrogens with zero attached hydrogens (tertiary/aromatic N) is 2. The molecule has 0 saturated heterocycles. The third-order valence-corrected chi connectivity index (χ3v) is 4.04. The summed E-state index contributed by atoms with van der Waals surface area (Å²) in [6.45, 7) is 6.63. The topological polar surface area (TPSA) is 66.0 Å². The Labute approximate surface area is 167 Å². The summed E-state index contributed by atoms with van der Waals surface area (Å²) in [6.07, 6.45) is 0. The van der Waals surface area contributed by atoms with Crippen LogP contribution in [0.25, 0.3) is 0 Å². The average Bonchev–Trinajstić information content (AvgIpc) is 2.70. The number of nitrogens with one attached hydrogen (secondary N) is 2. The molecule has 1 amide bonds. The highest BCUT2D eigenvalue weighted by atomic mass is 16.5. The minimum absolute atomic E-state index is 0.00342. The molecule has 2 rings (SSSR count). The number of hydrogen-bond acceptors (Lipinski definition) is 3. The van der Waals surface area contributed by atoms with Crippen molar-refractivity contribution in [3.63, 3.8) is 0 Å². The van der Waals surface area contributed by atoms with E-state index < -0.39 is 0 Å². The number of carbonyl (C=O) groups is 1. The smallest absolute Gasteiger partial charge is 0.253 e. The highest BCUT2D eigenvalue weighted by Gasteiger charge is 2.07. The molecule has 150 valence electrons. The number of ether oxygens (including phenoxy) is 1. The Morgan fingerprint density at radius 2 is 1.79 bits per heavy atom. The Kier molecular flexibility index (Phi) is 8.34. The van der Waals surface area contributed by atoms with Crippen molar-refractivity contribution in [1.29, 1.82) is 0 Å². The number of benzene rings is 2. The van der Waals surface area contributed by atoms with Crippen LogP contribution in [0, 0.1) is 0 Å². The van der Waals surface area contributed by atoms with Gasteiger partial charge in [0.25, 0.3) is 5.91 Å². The average molecular weight is 383 g/mol. The molecular weight excluding hydrogens is 352 g/mol. The van der Waals surface area contributed by atoms with Gasteiger partial charge >= 0.3 is 0 Å². The monoisotopic (exact) mass is 382 g/mol. The summed E-state index contributed by atoms with van der Waals surface area (Å²) in [4.78, 5) is 18.2. The van der Waals surface area contributed by atoms with Gasteiger partial charge in [-0.2, -0.15) is 0 Å². The van der Waals surface area contributed by atoms with Crippen LogP contribution in [-0.2, 0) is 13.1 Å². The molecular formula is C22H30N4O2. The zero-order valence-electron chi connectivity index (χ0n) is 17.2. The van der Waals surface area contributed by atoms with Crippen LogP contribution in [-0.4, -0.2) is 44.0 Å². The zero-order chi connectivity index (χ0) is 20.4. The Hall–Kier alpha value is -3.02. The first-order valence-corrected chi connectivity index (χ1v) is 9.58. The fourth-order valence-corrected chi connectivity index (χ4v) is 2.62. The minimum Gasteiger partial charge on any atom is -0.494 e. The van der Waals surface area contributed by atoms with Crippen molar-refractivity contribution in [3.8, 4) is 5.75 Å². The molecule has 0 aromatic heterocycles. The second-order valence-corrected chi connectivity index (χ2v) is 6.53. The molecule has 6 nitrogen and oxygen atoms in total. The standard InChI is InChI=1S/C22H30N4O2/c1-5-23-22(25-16-18-8-7-9-20(14-18)28-6-2)24-15-17-10-12-19(13-11-17)21(27)26(3)4/h7-14H,5-6,15-16H2,1-4H3,(H2,23,24,25). The Balaban J connectivity index is 1.97. The van der Waals surface area contributed by atoms with Crippen molar-refractivity contribution in [2.75, 3.05) is 27.2 Å². The lowest BCUT2D eigenvalue weighted by Gasteiger charge is -2.13. The van der Waals surface area contributed by atoms with Gasteiger partial charge in [0.05, 0.1) is 13.2 Å². The van der Waals surface area contributed by atoms with Crippen LogP contribution in [0.15, 0.2) is 53.5 Å². The molecule has 2 aromatic rings. The van der Waals surface area contributed by atoms with E-state index in [1.807, 2.05) is 62.4 Å². The van der Waals surface area contributed by atoms with E-state index in [0.29, 0.717) is 25.3 Å². The quantitative estimate of drug-likeness (QED) is 0.544. The van der Waals surface area contributed by atoms with Gasteiger partial charge in [-0.25, -0.2) is 4.99 Å². The first-order valence-electron chi connectivity index (χ1n) is 9.58. The van der Waals surface area contributed by atoms with Crippen molar-refractivity contribution in [2.24, 2.45) is 4.99 Å². The van der Waals surface area contributed by atoms with Gasteiger partial charge in [0, 0.05) is 32.7 Å². The predicted octanol–water partition coefficient (Wildman–Crippen LogP) is 3.04. The van der Waals surface area contributed by atoms with E-state index in [1.165, 1.54) is 0 Å². The molecule has 0 heterocycles. The SMILES string of the molecule is CCNC(=NCc1cccc(OCC)c1)NCc1ccc(C(=O)N(C)C)cc1. The van der Waals surface area contributed by atoms with Crippen LogP contribution >= 0.6 is 0 Å². The summed E-state index contributed by atoms with van der Waals surface area (Å²) >= 11 is 0. The lowest BCUT2D eigenvalue weighted by molar-refractivity contribution is 0.0827. The van der Waals surface area contributed by atoms with Gasteiger partial charge in [-0.15, -0.1) is 0 Å². The first-order chi connectivity index (χ1) is 13.5. The molecule has 0 aliphatic heterocycles. The maximum Gasteiger partial charge on any atom is 0.253 e. The molecule has 0 fully saturated rings. The van der Waals surface area contributed by atoms with E-state index >= 15 is 0 Å². The van der Waals surface area contributed by atoms with Gasteiger partial charge in [-0.1, -0.05) is 24.3 Å². The molecule has 0 aliphatic carbocycles. The molecule has 0 saturated carbocycles. The molecule has 0 radical (unpaired) electrons. The molecule has 0 spiro atoms. The molecule has 0 bridgehead atoms. The molecule has 0 aliphatic rings. The third-order valence-electron chi connectivity index (χ3n) is 4.04.